The number of anilines is 1. The minimum Gasteiger partial charge on any atom is -0.465 e. The lowest BCUT2D eigenvalue weighted by Gasteiger charge is -2.05. The first-order valence-corrected chi connectivity index (χ1v) is 8.79. The molecule has 0 aromatic carbocycles. The van der Waals surface area contributed by atoms with Gasteiger partial charge >= 0.3 is 11.9 Å². The van der Waals surface area contributed by atoms with Crippen LogP contribution < -0.4 is 5.32 Å². The van der Waals surface area contributed by atoms with E-state index < -0.39 is 0 Å². The number of hydrogen-bond donors (Lipinski definition) is 1. The Labute approximate surface area is 160 Å². The second kappa shape index (κ2) is 9.86. The van der Waals surface area contributed by atoms with Gasteiger partial charge in [-0.3, -0.25) is 9.97 Å². The van der Waals surface area contributed by atoms with Gasteiger partial charge < -0.3 is 14.8 Å². The molecule has 2 heterocycles. The molecule has 0 aliphatic heterocycles. The van der Waals surface area contributed by atoms with Gasteiger partial charge in [0, 0.05) is 35.8 Å². The van der Waals surface area contributed by atoms with Gasteiger partial charge in [-0.25, -0.2) is 9.59 Å². The molecule has 138 valence electrons. The van der Waals surface area contributed by atoms with Crippen molar-refractivity contribution in [3.63, 3.8) is 0 Å². The number of hydrogen-bond acceptors (Lipinski definition) is 7. The van der Waals surface area contributed by atoms with Gasteiger partial charge in [0.1, 0.15) is 0 Å². The van der Waals surface area contributed by atoms with Gasteiger partial charge in [-0.1, -0.05) is 0 Å². The molecule has 0 bridgehead atoms. The van der Waals surface area contributed by atoms with Crippen LogP contribution in [0.15, 0.2) is 41.4 Å². The average molecular weight is 422 g/mol. The number of halogens is 1. The maximum atomic E-state index is 11.2. The van der Waals surface area contributed by atoms with Gasteiger partial charge in [-0.15, -0.1) is 0 Å². The van der Waals surface area contributed by atoms with Gasteiger partial charge in [-0.2, -0.15) is 0 Å². The van der Waals surface area contributed by atoms with Crippen LogP contribution in [-0.4, -0.2) is 42.7 Å². The number of nitrogens with one attached hydrogen (secondary N) is 1. The summed E-state index contributed by atoms with van der Waals surface area (Å²) in [6.07, 6.45) is 8.89. The Morgan fingerprint density at radius 3 is 2.15 bits per heavy atom. The molecule has 0 saturated heterocycles. The summed E-state index contributed by atoms with van der Waals surface area (Å²) in [5, 5.41) is 3.26. The lowest BCUT2D eigenvalue weighted by molar-refractivity contribution is 0.0591. The molecule has 3 rings (SSSR count). The predicted molar refractivity (Wildman–Crippen MR) is 100 cm³/mol. The lowest BCUT2D eigenvalue weighted by Crippen LogP contribution is -2.06. The van der Waals surface area contributed by atoms with Crippen LogP contribution in [0.3, 0.4) is 0 Å². The Kier molecular flexibility index (Phi) is 7.53. The van der Waals surface area contributed by atoms with Gasteiger partial charge in [-0.05, 0) is 46.8 Å². The van der Waals surface area contributed by atoms with Crippen LogP contribution >= 0.6 is 15.9 Å². The zero-order valence-corrected chi connectivity index (χ0v) is 16.2. The van der Waals surface area contributed by atoms with E-state index in [4.69, 9.17) is 0 Å². The van der Waals surface area contributed by atoms with E-state index in [9.17, 15) is 9.59 Å². The number of carbonyl (C=O) groups excluding carboxylic acids is 2. The zero-order valence-electron chi connectivity index (χ0n) is 14.6. The smallest absolute Gasteiger partial charge is 0.339 e. The van der Waals surface area contributed by atoms with E-state index in [1.54, 1.807) is 24.5 Å². The SMILES string of the molecule is COC(=O)c1cncc(Br)c1.COC(=O)c1cncc(NCC2CC2)c1. The number of methoxy groups -OCH3 is 2. The van der Waals surface area contributed by atoms with Crippen LogP contribution in [0.4, 0.5) is 5.69 Å². The summed E-state index contributed by atoms with van der Waals surface area (Å²) >= 11 is 3.19. The van der Waals surface area contributed by atoms with Crippen molar-refractivity contribution in [2.24, 2.45) is 5.92 Å². The highest BCUT2D eigenvalue weighted by Crippen LogP contribution is 2.28. The molecule has 2 aromatic heterocycles. The Balaban J connectivity index is 0.000000197. The molecule has 2 aromatic rings. The van der Waals surface area contributed by atoms with E-state index in [0.717, 1.165) is 22.6 Å². The Morgan fingerprint density at radius 1 is 1.04 bits per heavy atom. The summed E-state index contributed by atoms with van der Waals surface area (Å²) in [4.78, 5) is 29.9. The molecule has 1 aliphatic carbocycles. The van der Waals surface area contributed by atoms with E-state index in [1.807, 2.05) is 0 Å². The van der Waals surface area contributed by atoms with Crippen molar-refractivity contribution in [1.29, 1.82) is 0 Å². The molecule has 1 fully saturated rings. The number of esters is 2. The van der Waals surface area contributed by atoms with Crippen LogP contribution in [-0.2, 0) is 9.47 Å². The molecular weight excluding hydrogens is 402 g/mol. The highest BCUT2D eigenvalue weighted by molar-refractivity contribution is 9.10. The first kappa shape index (κ1) is 19.8. The van der Waals surface area contributed by atoms with E-state index in [0.29, 0.717) is 11.1 Å². The lowest BCUT2D eigenvalue weighted by atomic mass is 10.2. The van der Waals surface area contributed by atoms with Crippen molar-refractivity contribution in [3.8, 4) is 0 Å². The van der Waals surface area contributed by atoms with Crippen LogP contribution in [0.2, 0.25) is 0 Å². The standard InChI is InChI=1S/C11H14N2O2.C7H6BrNO2/c1-15-11(14)9-4-10(7-12-6-9)13-5-8-2-3-8;1-11-7(10)5-2-6(8)4-9-3-5/h4,6-8,13H,2-3,5H2,1H3;2-4H,1H3. The second-order valence-electron chi connectivity index (χ2n) is 5.66. The Hall–Kier alpha value is -2.48. The van der Waals surface area contributed by atoms with E-state index in [1.165, 1.54) is 39.5 Å². The fourth-order valence-electron chi connectivity index (χ4n) is 1.99. The number of carbonyl (C=O) groups is 2. The summed E-state index contributed by atoms with van der Waals surface area (Å²) in [7, 11) is 2.70. The van der Waals surface area contributed by atoms with Gasteiger partial charge in [0.05, 0.1) is 31.0 Å². The molecule has 0 unspecified atom stereocenters. The fourth-order valence-corrected chi connectivity index (χ4v) is 2.36. The monoisotopic (exact) mass is 421 g/mol. The van der Waals surface area contributed by atoms with Crippen molar-refractivity contribution < 1.29 is 19.1 Å². The van der Waals surface area contributed by atoms with Gasteiger partial charge in [0.25, 0.3) is 0 Å². The fraction of sp³-hybridized carbons (Fsp3) is 0.333. The van der Waals surface area contributed by atoms with E-state index in [-0.39, 0.29) is 11.9 Å². The molecule has 8 heteroatoms. The normalized spacial score (nSPS) is 12.4. The number of pyridine rings is 2. The molecule has 1 N–H and O–H groups in total. The highest BCUT2D eigenvalue weighted by Gasteiger charge is 2.20. The topological polar surface area (TPSA) is 90.4 Å². The molecule has 1 saturated carbocycles. The van der Waals surface area contributed by atoms with Gasteiger partial charge in [0.15, 0.2) is 0 Å². The second-order valence-corrected chi connectivity index (χ2v) is 6.58. The average Bonchev–Trinajstić information content (AvgIpc) is 3.50. The summed E-state index contributed by atoms with van der Waals surface area (Å²) < 4.78 is 9.88. The molecule has 0 spiro atoms. The summed E-state index contributed by atoms with van der Waals surface area (Å²) in [6.45, 7) is 0.965. The third-order valence-corrected chi connectivity index (χ3v) is 4.01. The molecule has 0 amide bonds. The Morgan fingerprint density at radius 2 is 1.62 bits per heavy atom. The Bertz CT molecular complexity index is 766. The molecule has 1 aliphatic rings. The molecule has 0 atom stereocenters. The third kappa shape index (κ3) is 6.44. The van der Waals surface area contributed by atoms with Crippen LogP contribution in [0.5, 0.6) is 0 Å². The summed E-state index contributed by atoms with van der Waals surface area (Å²) in [5.41, 5.74) is 1.81. The molecule has 26 heavy (non-hydrogen) atoms. The largest absolute Gasteiger partial charge is 0.465 e. The van der Waals surface area contributed by atoms with Crippen molar-refractivity contribution in [1.82, 2.24) is 9.97 Å². The highest BCUT2D eigenvalue weighted by atomic mass is 79.9. The quantitative estimate of drug-likeness (QED) is 0.740. The van der Waals surface area contributed by atoms with Crippen molar-refractivity contribution in [3.05, 3.63) is 52.5 Å². The maximum Gasteiger partial charge on any atom is 0.339 e. The minimum absolute atomic E-state index is 0.349. The minimum atomic E-state index is -0.376. The molecular formula is C18H20BrN3O4. The van der Waals surface area contributed by atoms with E-state index in [2.05, 4.69) is 40.7 Å². The molecule has 0 radical (unpaired) electrons. The predicted octanol–water partition coefficient (Wildman–Crippen LogP) is 3.32. The first-order valence-electron chi connectivity index (χ1n) is 7.99. The van der Waals surface area contributed by atoms with Crippen molar-refractivity contribution in [2.45, 2.75) is 12.8 Å². The van der Waals surface area contributed by atoms with Crippen LogP contribution in [0.25, 0.3) is 0 Å². The van der Waals surface area contributed by atoms with Crippen molar-refractivity contribution >= 4 is 33.6 Å². The van der Waals surface area contributed by atoms with E-state index >= 15 is 0 Å². The van der Waals surface area contributed by atoms with Crippen LogP contribution in [0, 0.1) is 5.92 Å². The number of rotatable bonds is 5. The number of nitrogens with zero attached hydrogens (tertiary/aromatic N) is 2. The summed E-state index contributed by atoms with van der Waals surface area (Å²) in [6, 6.07) is 3.42. The zero-order chi connectivity index (χ0) is 18.9. The van der Waals surface area contributed by atoms with Gasteiger partial charge in [0.2, 0.25) is 0 Å². The summed E-state index contributed by atoms with van der Waals surface area (Å²) in [5.74, 6) is 0.0724. The van der Waals surface area contributed by atoms with Crippen LogP contribution in [0.1, 0.15) is 33.6 Å². The number of aromatic nitrogens is 2. The maximum absolute atomic E-state index is 11.2. The molecule has 7 nitrogen and oxygen atoms in total. The third-order valence-electron chi connectivity index (χ3n) is 3.58. The number of ether oxygens (including phenoxy) is 2. The van der Waals surface area contributed by atoms with Crippen molar-refractivity contribution in [2.75, 3.05) is 26.1 Å². The first-order chi connectivity index (χ1) is 12.5.